The van der Waals surface area contributed by atoms with Gasteiger partial charge in [0.2, 0.25) is 0 Å². The fraction of sp³-hybridized carbons (Fsp3) is 0.625. The molecule has 0 unspecified atom stereocenters. The van der Waals surface area contributed by atoms with Gasteiger partial charge in [0.15, 0.2) is 9.84 Å². The first kappa shape index (κ1) is 18.7. The average molecular weight is 355 g/mol. The van der Waals surface area contributed by atoms with E-state index in [9.17, 15) is 18.5 Å². The Kier molecular flexibility index (Phi) is 5.82. The molecule has 24 heavy (non-hydrogen) atoms. The molecule has 134 valence electrons. The van der Waals surface area contributed by atoms with E-state index >= 15 is 0 Å². The number of nitrogens with zero attached hydrogens (tertiary/aromatic N) is 2. The van der Waals surface area contributed by atoms with Crippen LogP contribution in [-0.2, 0) is 9.84 Å². The lowest BCUT2D eigenvalue weighted by Gasteiger charge is -2.33. The van der Waals surface area contributed by atoms with Crippen LogP contribution in [0.1, 0.15) is 26.7 Å². The lowest BCUT2D eigenvalue weighted by molar-refractivity contribution is -0.384. The highest BCUT2D eigenvalue weighted by atomic mass is 32.2. The molecular weight excluding hydrogens is 330 g/mol. The maximum absolute atomic E-state index is 11.6. The number of anilines is 1. The van der Waals surface area contributed by atoms with Gasteiger partial charge in [0.05, 0.1) is 9.82 Å². The van der Waals surface area contributed by atoms with Crippen LogP contribution in [0, 0.1) is 16.0 Å². The van der Waals surface area contributed by atoms with Crippen molar-refractivity contribution in [2.24, 2.45) is 5.92 Å². The summed E-state index contributed by atoms with van der Waals surface area (Å²) < 4.78 is 23.2. The summed E-state index contributed by atoms with van der Waals surface area (Å²) in [6.45, 7) is 7.38. The van der Waals surface area contributed by atoms with Crippen LogP contribution in [0.2, 0.25) is 0 Å². The Morgan fingerprint density at radius 3 is 2.46 bits per heavy atom. The van der Waals surface area contributed by atoms with Crippen LogP contribution >= 0.6 is 0 Å². The third-order valence-electron chi connectivity index (χ3n) is 4.16. The molecule has 7 nitrogen and oxygen atoms in total. The molecular formula is C16H25N3O4S. The summed E-state index contributed by atoms with van der Waals surface area (Å²) in [5, 5.41) is 14.5. The lowest BCUT2D eigenvalue weighted by atomic mass is 10.0. The number of nitrogens with one attached hydrogen (secondary N) is 1. The van der Waals surface area contributed by atoms with E-state index in [2.05, 4.69) is 24.1 Å². The second-order valence-electron chi connectivity index (χ2n) is 6.82. The molecule has 1 saturated heterocycles. The van der Waals surface area contributed by atoms with Crippen molar-refractivity contribution in [3.63, 3.8) is 0 Å². The lowest BCUT2D eigenvalue weighted by Crippen LogP contribution is -2.40. The van der Waals surface area contributed by atoms with Crippen molar-refractivity contribution in [3.8, 4) is 0 Å². The number of rotatable bonds is 6. The smallest absolute Gasteiger partial charge is 0.293 e. The molecule has 0 aliphatic carbocycles. The van der Waals surface area contributed by atoms with Gasteiger partial charge < -0.3 is 10.2 Å². The van der Waals surface area contributed by atoms with Gasteiger partial charge in [-0.25, -0.2) is 8.42 Å². The zero-order valence-electron chi connectivity index (χ0n) is 14.4. The topological polar surface area (TPSA) is 92.6 Å². The van der Waals surface area contributed by atoms with Gasteiger partial charge in [-0.1, -0.05) is 13.8 Å². The van der Waals surface area contributed by atoms with Crippen LogP contribution in [-0.4, -0.2) is 50.2 Å². The Labute approximate surface area is 143 Å². The van der Waals surface area contributed by atoms with Crippen LogP contribution in [0.5, 0.6) is 0 Å². The van der Waals surface area contributed by atoms with Crippen molar-refractivity contribution in [2.45, 2.75) is 37.6 Å². The fourth-order valence-corrected chi connectivity index (χ4v) is 3.65. The number of sulfone groups is 1. The Morgan fingerprint density at radius 2 is 1.96 bits per heavy atom. The quantitative estimate of drug-likeness (QED) is 0.623. The van der Waals surface area contributed by atoms with Gasteiger partial charge in [-0.2, -0.15) is 0 Å². The molecule has 8 heteroatoms. The fourth-order valence-electron chi connectivity index (χ4n) is 3.01. The molecule has 1 N–H and O–H groups in total. The molecule has 0 atom stereocenters. The zero-order chi connectivity index (χ0) is 17.9. The average Bonchev–Trinajstić information content (AvgIpc) is 2.47. The number of piperidine rings is 1. The summed E-state index contributed by atoms with van der Waals surface area (Å²) in [4.78, 5) is 13.1. The molecule has 0 bridgehead atoms. The Morgan fingerprint density at radius 1 is 1.33 bits per heavy atom. The minimum Gasteiger partial charge on any atom is -0.377 e. The number of likely N-dealkylation sites (tertiary alicyclic amines) is 1. The highest BCUT2D eigenvalue weighted by Gasteiger charge is 2.24. The molecule has 0 amide bonds. The Bertz CT molecular complexity index is 695. The van der Waals surface area contributed by atoms with E-state index in [1.807, 2.05) is 0 Å². The molecule has 1 aromatic rings. The van der Waals surface area contributed by atoms with Gasteiger partial charge in [-0.15, -0.1) is 0 Å². The van der Waals surface area contributed by atoms with Crippen LogP contribution in [0.4, 0.5) is 11.4 Å². The molecule has 2 rings (SSSR count). The number of hydrogen-bond acceptors (Lipinski definition) is 6. The third kappa shape index (κ3) is 4.91. The maximum Gasteiger partial charge on any atom is 0.293 e. The largest absolute Gasteiger partial charge is 0.377 e. The number of nitro benzene ring substituents is 1. The number of hydrogen-bond donors (Lipinski definition) is 1. The monoisotopic (exact) mass is 355 g/mol. The summed E-state index contributed by atoms with van der Waals surface area (Å²) in [6, 6.07) is 4.20. The highest BCUT2D eigenvalue weighted by molar-refractivity contribution is 7.90. The molecule has 1 aliphatic rings. The van der Waals surface area contributed by atoms with Crippen LogP contribution in [0.15, 0.2) is 23.1 Å². The van der Waals surface area contributed by atoms with E-state index in [1.54, 1.807) is 0 Å². The zero-order valence-corrected chi connectivity index (χ0v) is 15.2. The first-order valence-electron chi connectivity index (χ1n) is 8.14. The Balaban J connectivity index is 2.09. The van der Waals surface area contributed by atoms with Crippen molar-refractivity contribution in [2.75, 3.05) is 31.2 Å². The van der Waals surface area contributed by atoms with Gasteiger partial charge in [0, 0.05) is 38.0 Å². The van der Waals surface area contributed by atoms with Crippen molar-refractivity contribution >= 4 is 21.2 Å². The van der Waals surface area contributed by atoms with Gasteiger partial charge in [0.1, 0.15) is 5.69 Å². The molecule has 0 spiro atoms. The summed E-state index contributed by atoms with van der Waals surface area (Å²) in [7, 11) is -3.47. The molecule has 0 saturated carbocycles. The molecule has 1 aliphatic heterocycles. The van der Waals surface area contributed by atoms with E-state index in [4.69, 9.17) is 0 Å². The van der Waals surface area contributed by atoms with Crippen molar-refractivity contribution < 1.29 is 13.3 Å². The van der Waals surface area contributed by atoms with Crippen LogP contribution in [0.25, 0.3) is 0 Å². The standard InChI is InChI=1S/C16H25N3O4S/c1-12(2)11-18-8-6-13(7-9-18)17-15-5-4-14(24(3,22)23)10-16(15)19(20)21/h4-5,10,12-13,17H,6-9,11H2,1-3H3. The molecule has 1 fully saturated rings. The third-order valence-corrected chi connectivity index (χ3v) is 5.27. The van der Waals surface area contributed by atoms with E-state index in [1.165, 1.54) is 12.1 Å². The molecule has 1 heterocycles. The van der Waals surface area contributed by atoms with Crippen molar-refractivity contribution in [1.82, 2.24) is 4.90 Å². The summed E-state index contributed by atoms with van der Waals surface area (Å²) in [5.41, 5.74) is 0.192. The summed E-state index contributed by atoms with van der Waals surface area (Å²) in [6.07, 6.45) is 2.87. The van der Waals surface area contributed by atoms with Crippen molar-refractivity contribution in [3.05, 3.63) is 28.3 Å². The summed E-state index contributed by atoms with van der Waals surface area (Å²) >= 11 is 0. The number of nitro groups is 1. The van der Waals surface area contributed by atoms with Gasteiger partial charge in [-0.3, -0.25) is 10.1 Å². The van der Waals surface area contributed by atoms with Gasteiger partial charge in [-0.05, 0) is 30.9 Å². The minimum absolute atomic E-state index is 0.0356. The van der Waals surface area contributed by atoms with E-state index < -0.39 is 14.8 Å². The predicted molar refractivity (Wildman–Crippen MR) is 94.1 cm³/mol. The van der Waals surface area contributed by atoms with E-state index in [0.717, 1.165) is 44.8 Å². The van der Waals surface area contributed by atoms with Crippen LogP contribution in [0.3, 0.4) is 0 Å². The van der Waals surface area contributed by atoms with E-state index in [0.29, 0.717) is 11.6 Å². The molecule has 1 aromatic carbocycles. The van der Waals surface area contributed by atoms with Crippen LogP contribution < -0.4 is 5.32 Å². The maximum atomic E-state index is 11.6. The minimum atomic E-state index is -3.47. The molecule has 0 radical (unpaired) electrons. The second-order valence-corrected chi connectivity index (χ2v) is 8.84. The highest BCUT2D eigenvalue weighted by Crippen LogP contribution is 2.29. The predicted octanol–water partition coefficient (Wildman–Crippen LogP) is 2.53. The van der Waals surface area contributed by atoms with Crippen molar-refractivity contribution in [1.29, 1.82) is 0 Å². The Hall–Kier alpha value is -1.67. The normalized spacial score (nSPS) is 17.2. The molecule has 0 aromatic heterocycles. The summed E-state index contributed by atoms with van der Waals surface area (Å²) in [5.74, 6) is 0.624. The first-order valence-corrected chi connectivity index (χ1v) is 10.0. The van der Waals surface area contributed by atoms with E-state index in [-0.39, 0.29) is 16.6 Å². The first-order chi connectivity index (χ1) is 11.2. The second kappa shape index (κ2) is 7.48. The SMILES string of the molecule is CC(C)CN1CCC(Nc2ccc(S(C)(=O)=O)cc2[N+](=O)[O-])CC1. The van der Waals surface area contributed by atoms with Gasteiger partial charge >= 0.3 is 0 Å². The van der Waals surface area contributed by atoms with Gasteiger partial charge in [0.25, 0.3) is 5.69 Å². The number of benzene rings is 1.